The number of nitrogens with one attached hydrogen (secondary N) is 2. The van der Waals surface area contributed by atoms with Crippen LogP contribution in [0.2, 0.25) is 0 Å². The minimum Gasteiger partial charge on any atom is -0.308 e. The van der Waals surface area contributed by atoms with Crippen molar-refractivity contribution in [1.82, 2.24) is 10.6 Å². The fourth-order valence-electron chi connectivity index (χ4n) is 7.09. The predicted molar refractivity (Wildman–Crippen MR) is 137 cm³/mol. The van der Waals surface area contributed by atoms with Crippen LogP contribution in [0, 0.1) is 16.7 Å². The van der Waals surface area contributed by atoms with Crippen molar-refractivity contribution in [3.05, 3.63) is 70.8 Å². The molecule has 188 valence electrons. The molecule has 2 fully saturated rings. The highest BCUT2D eigenvalue weighted by Crippen LogP contribution is 2.64. The molecule has 0 unspecified atom stereocenters. The van der Waals surface area contributed by atoms with Gasteiger partial charge in [-0.2, -0.15) is 8.42 Å². The van der Waals surface area contributed by atoms with Gasteiger partial charge in [0.25, 0.3) is 10.1 Å². The maximum Gasteiger partial charge on any atom is 0.265 e. The molecule has 2 heterocycles. The first-order chi connectivity index (χ1) is 16.6. The first kappa shape index (κ1) is 24.6. The Morgan fingerprint density at radius 3 is 1.86 bits per heavy atom. The molecule has 3 N–H and O–H groups in total. The molecule has 2 saturated carbocycles. The van der Waals surface area contributed by atoms with E-state index < -0.39 is 21.3 Å². The molecule has 2 aromatic carbocycles. The van der Waals surface area contributed by atoms with Gasteiger partial charge < -0.3 is 10.6 Å². The Labute approximate surface area is 208 Å². The van der Waals surface area contributed by atoms with E-state index in [0.29, 0.717) is 24.9 Å². The van der Waals surface area contributed by atoms with Crippen LogP contribution in [0.3, 0.4) is 0 Å². The fourth-order valence-corrected chi connectivity index (χ4v) is 8.39. The predicted octanol–water partition coefficient (Wildman–Crippen LogP) is 4.03. The molecule has 7 heteroatoms. The third-order valence-electron chi connectivity index (χ3n) is 9.20. The molecule has 6 nitrogen and oxygen atoms in total. The number of benzene rings is 2. The average molecular weight is 497 g/mol. The highest BCUT2D eigenvalue weighted by molar-refractivity contribution is 7.85. The van der Waals surface area contributed by atoms with Gasteiger partial charge in [-0.3, -0.25) is 9.35 Å². The van der Waals surface area contributed by atoms with E-state index in [1.165, 1.54) is 22.3 Å². The van der Waals surface area contributed by atoms with Crippen LogP contribution in [0.25, 0.3) is 0 Å². The second-order valence-corrected chi connectivity index (χ2v) is 12.6. The van der Waals surface area contributed by atoms with Crippen LogP contribution >= 0.6 is 0 Å². The van der Waals surface area contributed by atoms with Gasteiger partial charge in [-0.15, -0.1) is 0 Å². The Morgan fingerprint density at radius 1 is 0.914 bits per heavy atom. The lowest BCUT2D eigenvalue weighted by atomic mass is 9.70. The van der Waals surface area contributed by atoms with Gasteiger partial charge in [-0.05, 0) is 72.4 Å². The first-order valence-corrected chi connectivity index (χ1v) is 14.3. The van der Waals surface area contributed by atoms with Gasteiger partial charge in [-0.1, -0.05) is 62.4 Å². The number of carbonyl (C=O) groups excluding carboxylic acids is 1. The minimum absolute atomic E-state index is 0.0152. The molecule has 35 heavy (non-hydrogen) atoms. The highest BCUT2D eigenvalue weighted by Gasteiger charge is 2.65. The SMILES string of the molecule is CC1(C)[C@@H]2CC[C@@]1(CS(=O)(=O)O)C(=O)C2.c1ccc2c(c1)CCN[C@@H]2[C@H]1NCCc2ccccc21. The van der Waals surface area contributed by atoms with E-state index in [1.807, 2.05) is 13.8 Å². The standard InChI is InChI=1S/C18H20N2.C10H16O4S/c1-3-7-15-13(5-1)9-11-19-17(15)18-16-8-4-2-6-14(16)10-12-20-18;1-9(2)7-3-4-10(9,8(11)5-7)6-15(12,13)14/h1-8,17-20H,9-12H2;7H,3-6H2,1-2H3,(H,12,13,14)/t17-,18-;7-,10-/m01/s1. The summed E-state index contributed by atoms with van der Waals surface area (Å²) >= 11 is 0. The summed E-state index contributed by atoms with van der Waals surface area (Å²) in [7, 11) is -4.08. The van der Waals surface area contributed by atoms with Crippen molar-refractivity contribution < 1.29 is 17.8 Å². The zero-order valence-corrected chi connectivity index (χ0v) is 21.4. The van der Waals surface area contributed by atoms with Gasteiger partial charge in [-0.25, -0.2) is 0 Å². The number of ketones is 1. The molecule has 2 aromatic rings. The monoisotopic (exact) mass is 496 g/mol. The molecule has 0 saturated heterocycles. The largest absolute Gasteiger partial charge is 0.308 e. The molecule has 2 bridgehead atoms. The number of rotatable bonds is 3. The highest BCUT2D eigenvalue weighted by atomic mass is 32.2. The number of fused-ring (bicyclic) bond motifs is 4. The maximum atomic E-state index is 11.9. The van der Waals surface area contributed by atoms with Gasteiger partial charge in [0.1, 0.15) is 5.78 Å². The van der Waals surface area contributed by atoms with Crippen molar-refractivity contribution in [2.45, 2.75) is 58.0 Å². The number of hydrogen-bond donors (Lipinski definition) is 3. The molecule has 0 radical (unpaired) electrons. The van der Waals surface area contributed by atoms with Crippen molar-refractivity contribution in [3.63, 3.8) is 0 Å². The van der Waals surface area contributed by atoms with Crippen LogP contribution in [-0.2, 0) is 27.8 Å². The molecule has 6 rings (SSSR count). The Kier molecular flexibility index (Phi) is 6.41. The van der Waals surface area contributed by atoms with E-state index in [0.717, 1.165) is 32.4 Å². The van der Waals surface area contributed by atoms with Crippen LogP contribution in [0.5, 0.6) is 0 Å². The summed E-state index contributed by atoms with van der Waals surface area (Å²) in [5, 5.41) is 7.45. The molecule has 4 atom stereocenters. The fraction of sp³-hybridized carbons (Fsp3) is 0.536. The third kappa shape index (κ3) is 4.37. The Morgan fingerprint density at radius 2 is 1.43 bits per heavy atom. The topological polar surface area (TPSA) is 95.5 Å². The zero-order valence-electron chi connectivity index (χ0n) is 20.6. The molecule has 0 spiro atoms. The van der Waals surface area contributed by atoms with Gasteiger partial charge in [0.2, 0.25) is 0 Å². The molecular formula is C28H36N2O4S. The van der Waals surface area contributed by atoms with Crippen LogP contribution in [0.4, 0.5) is 0 Å². The second kappa shape index (κ2) is 9.11. The summed E-state index contributed by atoms with van der Waals surface area (Å²) < 4.78 is 31.0. The van der Waals surface area contributed by atoms with Crippen LogP contribution in [-0.4, -0.2) is 37.6 Å². The first-order valence-electron chi connectivity index (χ1n) is 12.7. The number of hydrogen-bond acceptors (Lipinski definition) is 5. The van der Waals surface area contributed by atoms with Crippen molar-refractivity contribution in [1.29, 1.82) is 0 Å². The van der Waals surface area contributed by atoms with Crippen LogP contribution in [0.1, 0.15) is 67.4 Å². The smallest absolute Gasteiger partial charge is 0.265 e. The third-order valence-corrected chi connectivity index (χ3v) is 10.1. The molecule has 2 aliphatic heterocycles. The lowest BCUT2D eigenvalue weighted by Crippen LogP contribution is -2.42. The maximum absolute atomic E-state index is 11.9. The van der Waals surface area contributed by atoms with Gasteiger partial charge in [0, 0.05) is 6.42 Å². The van der Waals surface area contributed by atoms with Crippen molar-refractivity contribution in [2.75, 3.05) is 18.8 Å². The van der Waals surface area contributed by atoms with Crippen LogP contribution in [0.15, 0.2) is 48.5 Å². The summed E-state index contributed by atoms with van der Waals surface area (Å²) in [5.74, 6) is -0.101. The van der Waals surface area contributed by atoms with E-state index in [2.05, 4.69) is 59.2 Å². The summed E-state index contributed by atoms with van der Waals surface area (Å²) in [6.45, 7) is 6.03. The number of Topliss-reactive ketones (excluding diaryl/α,β-unsaturated/α-hetero) is 1. The average Bonchev–Trinajstić information content (AvgIpc) is 3.17. The van der Waals surface area contributed by atoms with Gasteiger partial charge >= 0.3 is 0 Å². The molecule has 0 aromatic heterocycles. The zero-order chi connectivity index (χ0) is 24.8. The summed E-state index contributed by atoms with van der Waals surface area (Å²) in [6.07, 6.45) is 4.25. The van der Waals surface area contributed by atoms with Crippen LogP contribution < -0.4 is 10.6 Å². The van der Waals surface area contributed by atoms with Crippen molar-refractivity contribution in [2.24, 2.45) is 16.7 Å². The van der Waals surface area contributed by atoms with Crippen molar-refractivity contribution in [3.8, 4) is 0 Å². The second-order valence-electron chi connectivity index (χ2n) is 11.2. The van der Waals surface area contributed by atoms with E-state index in [4.69, 9.17) is 4.55 Å². The van der Waals surface area contributed by atoms with Crippen molar-refractivity contribution >= 4 is 15.9 Å². The molecule has 0 amide bonds. The van der Waals surface area contributed by atoms with E-state index >= 15 is 0 Å². The summed E-state index contributed by atoms with van der Waals surface area (Å²) in [4.78, 5) is 11.9. The molecule has 2 aliphatic carbocycles. The minimum atomic E-state index is -4.08. The Balaban J connectivity index is 0.000000152. The van der Waals surface area contributed by atoms with E-state index in [9.17, 15) is 13.2 Å². The molecule has 4 aliphatic rings. The lowest BCUT2D eigenvalue weighted by molar-refractivity contribution is -0.128. The Hall–Kier alpha value is -2.06. The molecular weight excluding hydrogens is 460 g/mol. The van der Waals surface area contributed by atoms with Gasteiger partial charge in [0.05, 0.1) is 23.3 Å². The lowest BCUT2D eigenvalue weighted by Gasteiger charge is -2.37. The van der Waals surface area contributed by atoms with E-state index in [1.54, 1.807) is 0 Å². The summed E-state index contributed by atoms with van der Waals surface area (Å²) in [6, 6.07) is 18.5. The Bertz CT molecular complexity index is 1170. The normalized spacial score (nSPS) is 30.7. The van der Waals surface area contributed by atoms with Gasteiger partial charge in [0.15, 0.2) is 0 Å². The van der Waals surface area contributed by atoms with E-state index in [-0.39, 0.29) is 17.1 Å². The quantitative estimate of drug-likeness (QED) is 0.556. The number of carbonyl (C=O) groups is 1. The summed E-state index contributed by atoms with van der Waals surface area (Å²) in [5.41, 5.74) is 4.81.